The topological polar surface area (TPSA) is 111 Å². The van der Waals surface area contributed by atoms with Crippen LogP contribution in [0.2, 0.25) is 0 Å². The summed E-state index contributed by atoms with van der Waals surface area (Å²) in [7, 11) is 1.56. The van der Waals surface area contributed by atoms with Crippen LogP contribution in [-0.2, 0) is 5.75 Å². The summed E-state index contributed by atoms with van der Waals surface area (Å²) < 4.78 is 7.32. The van der Waals surface area contributed by atoms with Crippen molar-refractivity contribution in [2.45, 2.75) is 17.0 Å². The molecular weight excluding hydrogens is 436 g/mol. The number of hydrogen-bond acceptors (Lipinski definition) is 8. The Bertz CT molecular complexity index is 1300. The highest BCUT2D eigenvalue weighted by atomic mass is 32.2. The molecule has 158 valence electrons. The van der Waals surface area contributed by atoms with Crippen molar-refractivity contribution in [3.05, 3.63) is 70.3 Å². The molecule has 0 spiro atoms. The second-order valence-corrected chi connectivity index (χ2v) is 8.64. The van der Waals surface area contributed by atoms with Gasteiger partial charge in [-0.05, 0) is 30.7 Å². The Morgan fingerprint density at radius 1 is 1.19 bits per heavy atom. The number of fused-ring (bicyclic) bond motifs is 1. The fourth-order valence-electron chi connectivity index (χ4n) is 2.80. The zero-order valence-corrected chi connectivity index (χ0v) is 18.3. The molecule has 0 aliphatic heterocycles. The number of ether oxygens (including phenoxy) is 1. The normalized spacial score (nSPS) is 10.8. The van der Waals surface area contributed by atoms with Crippen LogP contribution >= 0.6 is 23.1 Å². The summed E-state index contributed by atoms with van der Waals surface area (Å²) in [6, 6.07) is 11.9. The van der Waals surface area contributed by atoms with Crippen LogP contribution in [0.3, 0.4) is 0 Å². The molecule has 31 heavy (non-hydrogen) atoms. The van der Waals surface area contributed by atoms with E-state index in [4.69, 9.17) is 4.74 Å². The molecule has 0 fully saturated rings. The van der Waals surface area contributed by atoms with E-state index in [-0.39, 0.29) is 5.56 Å². The first kappa shape index (κ1) is 20.8. The third-order valence-electron chi connectivity index (χ3n) is 4.24. The number of urea groups is 1. The van der Waals surface area contributed by atoms with E-state index >= 15 is 0 Å². The maximum Gasteiger partial charge on any atom is 0.325 e. The Morgan fingerprint density at radius 2 is 2.06 bits per heavy atom. The zero-order valence-electron chi connectivity index (χ0n) is 16.7. The molecule has 0 unspecified atom stereocenters. The van der Waals surface area contributed by atoms with E-state index in [0.29, 0.717) is 38.0 Å². The van der Waals surface area contributed by atoms with Gasteiger partial charge in [-0.15, -0.1) is 10.2 Å². The molecule has 0 aliphatic carbocycles. The Hall–Kier alpha value is -3.44. The summed E-state index contributed by atoms with van der Waals surface area (Å²) in [5.41, 5.74) is 2.69. The summed E-state index contributed by atoms with van der Waals surface area (Å²) in [6.45, 7) is 1.91. The van der Waals surface area contributed by atoms with Gasteiger partial charge >= 0.3 is 6.03 Å². The number of carbonyl (C=O) groups excluding carboxylic acids is 1. The minimum atomic E-state index is -0.430. The highest BCUT2D eigenvalue weighted by Crippen LogP contribution is 2.28. The molecule has 11 heteroatoms. The molecule has 0 saturated carbocycles. The lowest BCUT2D eigenvalue weighted by Crippen LogP contribution is -2.19. The van der Waals surface area contributed by atoms with Crippen LogP contribution in [0.15, 0.2) is 57.8 Å². The van der Waals surface area contributed by atoms with Gasteiger partial charge in [-0.25, -0.2) is 9.78 Å². The first-order valence-corrected chi connectivity index (χ1v) is 11.0. The number of nitrogens with zero attached hydrogens (tertiary/aromatic N) is 4. The molecule has 0 radical (unpaired) electrons. The van der Waals surface area contributed by atoms with Gasteiger partial charge in [0, 0.05) is 29.8 Å². The fraction of sp³-hybridized carbons (Fsp3) is 0.150. The molecule has 2 N–H and O–H groups in total. The maximum absolute atomic E-state index is 12.3. The fourth-order valence-corrected chi connectivity index (χ4v) is 4.44. The quantitative estimate of drug-likeness (QED) is 0.337. The lowest BCUT2D eigenvalue weighted by molar-refractivity contribution is 0.262. The highest BCUT2D eigenvalue weighted by molar-refractivity contribution is 8.00. The average Bonchev–Trinajstić information content (AvgIpc) is 3.20. The standard InChI is InChI=1S/C20H18N6O3S2/c1-12-5-4-8-26-16(27)10-14(21-17(12)26)11-30-20-25-24-19(31-20)23-18(28)22-13-6-3-7-15(9-13)29-2/h3-10H,11H2,1-2H3,(H2,22,23,24,28). The van der Waals surface area contributed by atoms with Gasteiger partial charge in [0.25, 0.3) is 5.56 Å². The molecule has 0 bridgehead atoms. The smallest absolute Gasteiger partial charge is 0.325 e. The van der Waals surface area contributed by atoms with Crippen LogP contribution < -0.4 is 20.9 Å². The van der Waals surface area contributed by atoms with Crippen molar-refractivity contribution in [2.75, 3.05) is 17.7 Å². The minimum Gasteiger partial charge on any atom is -0.497 e. The highest BCUT2D eigenvalue weighted by Gasteiger charge is 2.11. The van der Waals surface area contributed by atoms with E-state index < -0.39 is 6.03 Å². The molecule has 4 rings (SSSR count). The van der Waals surface area contributed by atoms with Gasteiger partial charge in [0.15, 0.2) is 4.34 Å². The Kier molecular flexibility index (Phi) is 6.14. The monoisotopic (exact) mass is 454 g/mol. The molecular formula is C20H18N6O3S2. The Balaban J connectivity index is 1.38. The van der Waals surface area contributed by atoms with E-state index in [0.717, 1.165) is 5.56 Å². The number of anilines is 2. The average molecular weight is 455 g/mol. The molecule has 0 aliphatic rings. The predicted molar refractivity (Wildman–Crippen MR) is 121 cm³/mol. The van der Waals surface area contributed by atoms with Crippen LogP contribution in [0.1, 0.15) is 11.3 Å². The number of carbonyl (C=O) groups is 1. The first-order valence-electron chi connectivity index (χ1n) is 9.18. The summed E-state index contributed by atoms with van der Waals surface area (Å²) in [5, 5.41) is 13.8. The van der Waals surface area contributed by atoms with Crippen LogP contribution in [0.5, 0.6) is 5.75 Å². The SMILES string of the molecule is COc1cccc(NC(=O)Nc2nnc(SCc3cc(=O)n4cccc(C)c4n3)s2)c1. The molecule has 0 saturated heterocycles. The molecule has 4 aromatic rings. The van der Waals surface area contributed by atoms with Gasteiger partial charge in [0.05, 0.1) is 12.8 Å². The van der Waals surface area contributed by atoms with Crippen molar-refractivity contribution in [2.24, 2.45) is 0 Å². The lowest BCUT2D eigenvalue weighted by Gasteiger charge is -2.06. The summed E-state index contributed by atoms with van der Waals surface area (Å²) in [6.07, 6.45) is 1.70. The van der Waals surface area contributed by atoms with Crippen molar-refractivity contribution in [1.29, 1.82) is 0 Å². The van der Waals surface area contributed by atoms with Gasteiger partial charge < -0.3 is 10.1 Å². The number of nitrogens with one attached hydrogen (secondary N) is 2. The molecule has 3 aromatic heterocycles. The van der Waals surface area contributed by atoms with Gasteiger partial charge in [-0.2, -0.15) is 0 Å². The second-order valence-electron chi connectivity index (χ2n) is 6.44. The summed E-state index contributed by atoms with van der Waals surface area (Å²) in [5.74, 6) is 1.11. The summed E-state index contributed by atoms with van der Waals surface area (Å²) in [4.78, 5) is 29.1. The van der Waals surface area contributed by atoms with E-state index in [9.17, 15) is 9.59 Å². The van der Waals surface area contributed by atoms with Crippen LogP contribution in [0.25, 0.3) is 5.65 Å². The van der Waals surface area contributed by atoms with E-state index in [1.54, 1.807) is 37.6 Å². The first-order chi connectivity index (χ1) is 15.0. The molecule has 2 amide bonds. The number of thioether (sulfide) groups is 1. The number of aryl methyl sites for hydroxylation is 1. The van der Waals surface area contributed by atoms with Crippen LogP contribution in [-0.4, -0.2) is 32.7 Å². The Morgan fingerprint density at radius 3 is 2.90 bits per heavy atom. The maximum atomic E-state index is 12.3. The van der Waals surface area contributed by atoms with Gasteiger partial charge in [0.1, 0.15) is 11.4 Å². The molecule has 0 atom stereocenters. The predicted octanol–water partition coefficient (Wildman–Crippen LogP) is 3.80. The van der Waals surface area contributed by atoms with Crippen molar-refractivity contribution in [3.8, 4) is 5.75 Å². The molecule has 9 nitrogen and oxygen atoms in total. The number of benzene rings is 1. The van der Waals surface area contributed by atoms with E-state index in [1.165, 1.54) is 33.6 Å². The van der Waals surface area contributed by atoms with Gasteiger partial charge in [0.2, 0.25) is 5.13 Å². The number of amides is 2. The van der Waals surface area contributed by atoms with Gasteiger partial charge in [-0.1, -0.05) is 35.2 Å². The molecule has 3 heterocycles. The van der Waals surface area contributed by atoms with Gasteiger partial charge in [-0.3, -0.25) is 14.5 Å². The lowest BCUT2D eigenvalue weighted by atomic mass is 10.3. The Labute approximate surface area is 185 Å². The second kappa shape index (κ2) is 9.14. The van der Waals surface area contributed by atoms with Crippen molar-refractivity contribution in [3.63, 3.8) is 0 Å². The van der Waals surface area contributed by atoms with Crippen LogP contribution in [0.4, 0.5) is 15.6 Å². The number of rotatable bonds is 6. The largest absolute Gasteiger partial charge is 0.497 e. The molecule has 1 aromatic carbocycles. The zero-order chi connectivity index (χ0) is 21.8. The third-order valence-corrected chi connectivity index (χ3v) is 6.24. The minimum absolute atomic E-state index is 0.127. The third kappa shape index (κ3) is 5.01. The number of methoxy groups -OCH3 is 1. The number of aromatic nitrogens is 4. The van der Waals surface area contributed by atoms with E-state index in [2.05, 4.69) is 25.8 Å². The number of hydrogen-bond donors (Lipinski definition) is 2. The summed E-state index contributed by atoms with van der Waals surface area (Å²) >= 11 is 2.64. The van der Waals surface area contributed by atoms with Crippen molar-refractivity contribution in [1.82, 2.24) is 19.6 Å². The van der Waals surface area contributed by atoms with Crippen molar-refractivity contribution < 1.29 is 9.53 Å². The van der Waals surface area contributed by atoms with E-state index in [1.807, 2.05) is 19.1 Å². The van der Waals surface area contributed by atoms with Crippen LogP contribution in [0, 0.1) is 6.92 Å². The number of pyridine rings is 1. The van der Waals surface area contributed by atoms with Crippen molar-refractivity contribution >= 4 is 45.6 Å².